The van der Waals surface area contributed by atoms with E-state index in [1.54, 1.807) is 26.0 Å². The van der Waals surface area contributed by atoms with Crippen LogP contribution in [0.5, 0.6) is 0 Å². The van der Waals surface area contributed by atoms with Crippen LogP contribution in [0.2, 0.25) is 0 Å². The maximum absolute atomic E-state index is 13.2. The zero-order valence-electron chi connectivity index (χ0n) is 12.7. The molecule has 0 aromatic heterocycles. The molecule has 0 aliphatic carbocycles. The smallest absolute Gasteiger partial charge is 0.227 e. The van der Waals surface area contributed by atoms with Crippen molar-refractivity contribution in [2.45, 2.75) is 25.4 Å². The number of amides is 1. The number of aliphatic hydroxyl groups is 1. The minimum absolute atomic E-state index is 0.0928. The van der Waals surface area contributed by atoms with Gasteiger partial charge in [-0.15, -0.1) is 0 Å². The van der Waals surface area contributed by atoms with Gasteiger partial charge in [0.1, 0.15) is 11.4 Å². The zero-order valence-corrected chi connectivity index (χ0v) is 12.7. The largest absolute Gasteiger partial charge is 0.384 e. The van der Waals surface area contributed by atoms with Crippen molar-refractivity contribution in [2.75, 3.05) is 6.54 Å². The second-order valence-electron chi connectivity index (χ2n) is 5.63. The highest BCUT2D eigenvalue weighted by Gasteiger charge is 2.25. The summed E-state index contributed by atoms with van der Waals surface area (Å²) in [6.07, 6.45) is 0. The predicted octanol–water partition coefficient (Wildman–Crippen LogP) is 2.95. The Morgan fingerprint density at radius 1 is 1.23 bits per heavy atom. The van der Waals surface area contributed by atoms with Crippen LogP contribution in [-0.2, 0) is 10.4 Å². The van der Waals surface area contributed by atoms with Crippen LogP contribution in [0.4, 0.5) is 4.39 Å². The Hall–Kier alpha value is -2.20. The first kappa shape index (κ1) is 16.2. The summed E-state index contributed by atoms with van der Waals surface area (Å²) in [5.74, 6) is -1.10. The summed E-state index contributed by atoms with van der Waals surface area (Å²) in [7, 11) is 0. The van der Waals surface area contributed by atoms with Crippen molar-refractivity contribution in [1.29, 1.82) is 0 Å². The summed E-state index contributed by atoms with van der Waals surface area (Å²) in [4.78, 5) is 12.2. The average Bonchev–Trinajstić information content (AvgIpc) is 2.53. The van der Waals surface area contributed by atoms with Gasteiger partial charge in [-0.25, -0.2) is 4.39 Å². The summed E-state index contributed by atoms with van der Waals surface area (Å²) in [5, 5.41) is 13.2. The molecule has 0 saturated heterocycles. The molecule has 116 valence electrons. The molecule has 4 heteroatoms. The van der Waals surface area contributed by atoms with E-state index in [-0.39, 0.29) is 18.3 Å². The first-order chi connectivity index (χ1) is 10.4. The van der Waals surface area contributed by atoms with E-state index in [9.17, 15) is 14.3 Å². The van der Waals surface area contributed by atoms with E-state index in [1.165, 1.54) is 12.1 Å². The third-order valence-electron chi connectivity index (χ3n) is 3.74. The molecule has 1 amide bonds. The summed E-state index contributed by atoms with van der Waals surface area (Å²) >= 11 is 0. The van der Waals surface area contributed by atoms with Gasteiger partial charge in [-0.1, -0.05) is 42.5 Å². The Morgan fingerprint density at radius 2 is 1.91 bits per heavy atom. The Balaban J connectivity index is 2.00. The second kappa shape index (κ2) is 6.71. The molecule has 22 heavy (non-hydrogen) atoms. The lowest BCUT2D eigenvalue weighted by Crippen LogP contribution is -2.40. The molecule has 0 radical (unpaired) electrons. The van der Waals surface area contributed by atoms with Gasteiger partial charge in [-0.05, 0) is 37.1 Å². The van der Waals surface area contributed by atoms with Crippen molar-refractivity contribution in [1.82, 2.24) is 5.32 Å². The summed E-state index contributed by atoms with van der Waals surface area (Å²) in [5.41, 5.74) is 0.184. The number of carbonyl (C=O) groups is 1. The molecule has 0 fully saturated rings. The molecular formula is C18H20FNO2. The van der Waals surface area contributed by atoms with E-state index in [1.807, 2.05) is 30.3 Å². The normalized spacial score (nSPS) is 14.9. The number of benzene rings is 2. The van der Waals surface area contributed by atoms with Gasteiger partial charge in [0.25, 0.3) is 0 Å². The summed E-state index contributed by atoms with van der Waals surface area (Å²) in [6, 6.07) is 15.1. The SMILES string of the molecule is CC(C(=O)NCC(C)(O)c1ccccc1)c1cccc(F)c1. The Kier molecular flexibility index (Phi) is 4.93. The maximum atomic E-state index is 13.2. The van der Waals surface area contributed by atoms with Gasteiger partial charge >= 0.3 is 0 Å². The van der Waals surface area contributed by atoms with Crippen LogP contribution in [0.25, 0.3) is 0 Å². The lowest BCUT2D eigenvalue weighted by atomic mass is 9.95. The molecule has 2 rings (SSSR count). The van der Waals surface area contributed by atoms with Crippen LogP contribution in [0.3, 0.4) is 0 Å². The molecule has 0 bridgehead atoms. The fraction of sp³-hybridized carbons (Fsp3) is 0.278. The lowest BCUT2D eigenvalue weighted by Gasteiger charge is -2.25. The van der Waals surface area contributed by atoms with E-state index >= 15 is 0 Å². The molecule has 0 aliphatic rings. The molecule has 2 N–H and O–H groups in total. The van der Waals surface area contributed by atoms with Crippen LogP contribution >= 0.6 is 0 Å². The van der Waals surface area contributed by atoms with Gasteiger partial charge in [0.05, 0.1) is 12.5 Å². The topological polar surface area (TPSA) is 49.3 Å². The predicted molar refractivity (Wildman–Crippen MR) is 83.8 cm³/mol. The van der Waals surface area contributed by atoms with Crippen molar-refractivity contribution in [3.63, 3.8) is 0 Å². The molecule has 0 aliphatic heterocycles. The molecule has 0 saturated carbocycles. The monoisotopic (exact) mass is 301 g/mol. The molecule has 2 aromatic rings. The molecular weight excluding hydrogens is 281 g/mol. The second-order valence-corrected chi connectivity index (χ2v) is 5.63. The van der Waals surface area contributed by atoms with Crippen molar-refractivity contribution < 1.29 is 14.3 Å². The van der Waals surface area contributed by atoms with Gasteiger partial charge in [0.2, 0.25) is 5.91 Å². The third kappa shape index (κ3) is 3.92. The maximum Gasteiger partial charge on any atom is 0.227 e. The first-order valence-corrected chi connectivity index (χ1v) is 7.21. The van der Waals surface area contributed by atoms with Gasteiger partial charge in [-0.3, -0.25) is 4.79 Å². The third-order valence-corrected chi connectivity index (χ3v) is 3.74. The van der Waals surface area contributed by atoms with Crippen molar-refractivity contribution in [3.8, 4) is 0 Å². The number of hydrogen-bond donors (Lipinski definition) is 2. The highest BCUT2D eigenvalue weighted by Crippen LogP contribution is 2.20. The van der Waals surface area contributed by atoms with E-state index in [0.717, 1.165) is 5.56 Å². The molecule has 3 nitrogen and oxygen atoms in total. The standard InChI is InChI=1S/C18H20FNO2/c1-13(14-7-6-10-16(19)11-14)17(21)20-12-18(2,22)15-8-4-3-5-9-15/h3-11,13,22H,12H2,1-2H3,(H,20,21). The minimum atomic E-state index is -1.15. The minimum Gasteiger partial charge on any atom is -0.384 e. The van der Waals surface area contributed by atoms with Gasteiger partial charge in [0.15, 0.2) is 0 Å². The fourth-order valence-electron chi connectivity index (χ4n) is 2.24. The molecule has 2 aromatic carbocycles. The molecule has 0 spiro atoms. The number of nitrogens with one attached hydrogen (secondary N) is 1. The Labute approximate surface area is 129 Å². The van der Waals surface area contributed by atoms with Crippen LogP contribution in [0.1, 0.15) is 30.9 Å². The number of carbonyl (C=O) groups excluding carboxylic acids is 1. The number of rotatable bonds is 5. The van der Waals surface area contributed by atoms with Gasteiger partial charge in [-0.2, -0.15) is 0 Å². The van der Waals surface area contributed by atoms with E-state index in [2.05, 4.69) is 5.32 Å². The lowest BCUT2D eigenvalue weighted by molar-refractivity contribution is -0.123. The summed E-state index contributed by atoms with van der Waals surface area (Å²) in [6.45, 7) is 3.45. The first-order valence-electron chi connectivity index (χ1n) is 7.21. The number of hydrogen-bond acceptors (Lipinski definition) is 2. The quantitative estimate of drug-likeness (QED) is 0.892. The van der Waals surface area contributed by atoms with Crippen LogP contribution in [-0.4, -0.2) is 17.6 Å². The highest BCUT2D eigenvalue weighted by molar-refractivity contribution is 5.83. The molecule has 0 heterocycles. The molecule has 2 atom stereocenters. The van der Waals surface area contributed by atoms with E-state index < -0.39 is 11.5 Å². The zero-order chi connectivity index (χ0) is 16.2. The average molecular weight is 301 g/mol. The summed E-state index contributed by atoms with van der Waals surface area (Å²) < 4.78 is 13.2. The van der Waals surface area contributed by atoms with E-state index in [0.29, 0.717) is 5.56 Å². The fourth-order valence-corrected chi connectivity index (χ4v) is 2.24. The van der Waals surface area contributed by atoms with Crippen molar-refractivity contribution in [3.05, 3.63) is 71.5 Å². The van der Waals surface area contributed by atoms with Crippen LogP contribution in [0.15, 0.2) is 54.6 Å². The Morgan fingerprint density at radius 3 is 2.55 bits per heavy atom. The van der Waals surface area contributed by atoms with Gasteiger partial charge < -0.3 is 10.4 Å². The Bertz CT molecular complexity index is 641. The van der Waals surface area contributed by atoms with Crippen molar-refractivity contribution >= 4 is 5.91 Å². The van der Waals surface area contributed by atoms with Crippen molar-refractivity contribution in [2.24, 2.45) is 0 Å². The van der Waals surface area contributed by atoms with Gasteiger partial charge in [0, 0.05) is 0 Å². The van der Waals surface area contributed by atoms with Crippen LogP contribution in [0, 0.1) is 5.82 Å². The van der Waals surface area contributed by atoms with E-state index in [4.69, 9.17) is 0 Å². The van der Waals surface area contributed by atoms with Crippen LogP contribution < -0.4 is 5.32 Å². The highest BCUT2D eigenvalue weighted by atomic mass is 19.1. The molecule has 2 unspecified atom stereocenters. The number of halogens is 1.